The van der Waals surface area contributed by atoms with E-state index in [1.807, 2.05) is 0 Å². The summed E-state index contributed by atoms with van der Waals surface area (Å²) in [7, 11) is 1.68. The third-order valence-electron chi connectivity index (χ3n) is 2.66. The van der Waals surface area contributed by atoms with Gasteiger partial charge in [-0.25, -0.2) is 9.59 Å². The van der Waals surface area contributed by atoms with Crippen LogP contribution in [0.15, 0.2) is 32.2 Å². The predicted octanol–water partition coefficient (Wildman–Crippen LogP) is 0.112. The largest absolute Gasteiger partial charge is 0.419 e. The van der Waals surface area contributed by atoms with Crippen molar-refractivity contribution in [1.82, 2.24) is 9.88 Å². The van der Waals surface area contributed by atoms with Crippen molar-refractivity contribution in [3.05, 3.63) is 44.7 Å². The Balaban J connectivity index is 2.35. The molecule has 1 amide bonds. The molecule has 1 N–H and O–H groups in total. The van der Waals surface area contributed by atoms with E-state index in [0.717, 1.165) is 12.0 Å². The van der Waals surface area contributed by atoms with Gasteiger partial charge in [-0.1, -0.05) is 6.07 Å². The Morgan fingerprint density at radius 3 is 2.89 bits per heavy atom. The number of hydrogen-bond donors (Lipinski definition) is 1. The lowest BCUT2D eigenvalue weighted by molar-refractivity contribution is -0.116. The van der Waals surface area contributed by atoms with Gasteiger partial charge in [0.15, 0.2) is 0 Å². The van der Waals surface area contributed by atoms with E-state index in [0.29, 0.717) is 23.9 Å². The maximum Gasteiger partial charge on any atom is 0.419 e. The minimum Gasteiger partial charge on any atom is -0.372 e. The Morgan fingerprint density at radius 2 is 2.17 bits per heavy atom. The fourth-order valence-corrected chi connectivity index (χ4v) is 1.66. The highest BCUT2D eigenvalue weighted by Crippen LogP contribution is 2.09. The number of fused-ring (bicyclic) bond motifs is 1. The summed E-state index contributed by atoms with van der Waals surface area (Å²) < 4.78 is 4.46. The molecule has 1 aromatic carbocycles. The lowest BCUT2D eigenvalue weighted by Gasteiger charge is -2.10. The van der Waals surface area contributed by atoms with Crippen LogP contribution in [0.3, 0.4) is 0 Å². The lowest BCUT2D eigenvalue weighted by Crippen LogP contribution is -2.19. The second kappa shape index (κ2) is 4.87. The molecular weight excluding hydrogens is 236 g/mol. The zero-order valence-electron chi connectivity index (χ0n) is 9.80. The van der Waals surface area contributed by atoms with Crippen LogP contribution in [0.2, 0.25) is 0 Å². The quantitative estimate of drug-likeness (QED) is 0.778. The third kappa shape index (κ3) is 2.48. The molecular formula is C12H12N2O4. The first kappa shape index (κ1) is 12.1. The molecule has 6 nitrogen and oxygen atoms in total. The molecule has 1 aromatic heterocycles. The van der Waals surface area contributed by atoms with Gasteiger partial charge in [0.25, 0.3) is 0 Å². The van der Waals surface area contributed by atoms with Gasteiger partial charge in [-0.15, -0.1) is 0 Å². The first-order valence-corrected chi connectivity index (χ1v) is 5.42. The molecule has 0 aliphatic rings. The Morgan fingerprint density at radius 1 is 1.39 bits per heavy atom. The molecule has 0 aliphatic carbocycles. The average molecular weight is 248 g/mol. The van der Waals surface area contributed by atoms with Crippen molar-refractivity contribution in [1.29, 1.82) is 0 Å². The number of rotatable bonds is 4. The number of carbonyl (C=O) groups excluding carboxylic acids is 1. The van der Waals surface area contributed by atoms with Gasteiger partial charge < -0.3 is 9.32 Å². The van der Waals surface area contributed by atoms with Gasteiger partial charge in [-0.05, 0) is 24.1 Å². The average Bonchev–Trinajstić information content (AvgIpc) is 2.36. The van der Waals surface area contributed by atoms with Gasteiger partial charge in [0.2, 0.25) is 6.41 Å². The summed E-state index contributed by atoms with van der Waals surface area (Å²) in [5, 5.41) is 0.334. The van der Waals surface area contributed by atoms with E-state index >= 15 is 0 Å². The predicted molar refractivity (Wildman–Crippen MR) is 65.5 cm³/mol. The first-order chi connectivity index (χ1) is 8.60. The van der Waals surface area contributed by atoms with E-state index in [-0.39, 0.29) is 0 Å². The van der Waals surface area contributed by atoms with E-state index in [1.165, 1.54) is 4.90 Å². The first-order valence-electron chi connectivity index (χ1n) is 5.42. The Hall–Kier alpha value is -2.37. The maximum atomic E-state index is 11.5. The van der Waals surface area contributed by atoms with Crippen molar-refractivity contribution in [2.75, 3.05) is 13.6 Å². The van der Waals surface area contributed by atoms with Crippen LogP contribution in [0.4, 0.5) is 0 Å². The molecule has 0 radical (unpaired) electrons. The van der Waals surface area contributed by atoms with Crippen LogP contribution in [-0.4, -0.2) is 29.9 Å². The third-order valence-corrected chi connectivity index (χ3v) is 2.66. The summed E-state index contributed by atoms with van der Waals surface area (Å²) in [6.45, 7) is 0.559. The molecule has 0 saturated heterocycles. The van der Waals surface area contributed by atoms with Gasteiger partial charge in [-0.2, -0.15) is 0 Å². The number of benzene rings is 1. The van der Waals surface area contributed by atoms with Crippen LogP contribution in [0.25, 0.3) is 10.9 Å². The summed E-state index contributed by atoms with van der Waals surface area (Å²) in [5.74, 6) is -0.763. The van der Waals surface area contributed by atoms with Gasteiger partial charge in [0.05, 0.1) is 10.9 Å². The number of H-pyrrole nitrogens is 1. The number of nitrogens with zero attached hydrogens (tertiary/aromatic N) is 1. The summed E-state index contributed by atoms with van der Waals surface area (Å²) in [4.78, 5) is 36.9. The van der Waals surface area contributed by atoms with E-state index in [2.05, 4.69) is 9.40 Å². The molecule has 0 bridgehead atoms. The zero-order valence-corrected chi connectivity index (χ0v) is 9.80. The molecule has 0 fully saturated rings. The van der Waals surface area contributed by atoms with E-state index in [1.54, 1.807) is 25.2 Å². The minimum atomic E-state index is -0.763. The van der Waals surface area contributed by atoms with Gasteiger partial charge in [0.1, 0.15) is 0 Å². The van der Waals surface area contributed by atoms with Crippen molar-refractivity contribution >= 4 is 17.3 Å². The normalized spacial score (nSPS) is 10.5. The molecule has 18 heavy (non-hydrogen) atoms. The highest BCUT2D eigenvalue weighted by atomic mass is 16.4. The number of nitrogens with one attached hydrogen (secondary N) is 1. The molecule has 94 valence electrons. The van der Waals surface area contributed by atoms with Crippen LogP contribution in [0.5, 0.6) is 0 Å². The van der Waals surface area contributed by atoms with Gasteiger partial charge in [0, 0.05) is 13.6 Å². The second-order valence-electron chi connectivity index (χ2n) is 4.02. The highest BCUT2D eigenvalue weighted by Gasteiger charge is 2.04. The molecule has 6 heteroatoms. The second-order valence-corrected chi connectivity index (χ2v) is 4.02. The number of aromatic nitrogens is 1. The summed E-state index contributed by atoms with van der Waals surface area (Å²) in [5.41, 5.74) is 0.693. The minimum absolute atomic E-state index is 0.334. The van der Waals surface area contributed by atoms with Crippen molar-refractivity contribution < 1.29 is 9.21 Å². The van der Waals surface area contributed by atoms with E-state index < -0.39 is 11.4 Å². The smallest absolute Gasteiger partial charge is 0.372 e. The molecule has 1 heterocycles. The monoisotopic (exact) mass is 248 g/mol. The van der Waals surface area contributed by atoms with Gasteiger partial charge in [-0.3, -0.25) is 9.78 Å². The number of likely N-dealkylation sites (N-methyl/N-ethyl adjacent to an activating group) is 1. The topological polar surface area (TPSA) is 83.4 Å². The standard InChI is InChI=1S/C12H12N2O4/c1-14(7-15)5-4-8-2-3-10-9(6-8)11(16)18-12(17)13-10/h2-3,6-7H,4-5H2,1H3,(H,13,17). The lowest BCUT2D eigenvalue weighted by atomic mass is 10.1. The number of aromatic amines is 1. The van der Waals surface area contributed by atoms with Crippen LogP contribution in [0.1, 0.15) is 5.56 Å². The Labute approximate surface area is 102 Å². The zero-order chi connectivity index (χ0) is 13.1. The molecule has 0 aliphatic heterocycles. The summed E-state index contributed by atoms with van der Waals surface area (Å²) in [6, 6.07) is 5.12. The molecule has 0 unspecified atom stereocenters. The fourth-order valence-electron chi connectivity index (χ4n) is 1.66. The van der Waals surface area contributed by atoms with Crippen molar-refractivity contribution in [3.8, 4) is 0 Å². The number of amides is 1. The maximum absolute atomic E-state index is 11.5. The van der Waals surface area contributed by atoms with Crippen molar-refractivity contribution in [2.45, 2.75) is 6.42 Å². The van der Waals surface area contributed by atoms with Crippen LogP contribution in [0, 0.1) is 0 Å². The van der Waals surface area contributed by atoms with E-state index in [4.69, 9.17) is 0 Å². The van der Waals surface area contributed by atoms with Crippen LogP contribution in [-0.2, 0) is 11.2 Å². The van der Waals surface area contributed by atoms with Crippen LogP contribution >= 0.6 is 0 Å². The Bertz CT molecular complexity index is 686. The molecule has 0 saturated carbocycles. The summed E-state index contributed by atoms with van der Waals surface area (Å²) >= 11 is 0. The van der Waals surface area contributed by atoms with Gasteiger partial charge >= 0.3 is 11.4 Å². The van der Waals surface area contributed by atoms with Crippen molar-refractivity contribution in [3.63, 3.8) is 0 Å². The summed E-state index contributed by atoms with van der Waals surface area (Å²) in [6.07, 6.45) is 1.37. The Kier molecular flexibility index (Phi) is 3.27. The highest BCUT2D eigenvalue weighted by molar-refractivity contribution is 5.77. The van der Waals surface area contributed by atoms with Crippen molar-refractivity contribution in [2.24, 2.45) is 0 Å². The number of carbonyl (C=O) groups is 1. The fraction of sp³-hybridized carbons (Fsp3) is 0.250. The SMILES string of the molecule is CN(C=O)CCc1ccc2[nH]c(=O)oc(=O)c2c1. The van der Waals surface area contributed by atoms with Crippen LogP contribution < -0.4 is 11.4 Å². The molecule has 2 aromatic rings. The molecule has 0 atom stereocenters. The molecule has 2 rings (SSSR count). The molecule has 0 spiro atoms. The number of hydrogen-bond acceptors (Lipinski definition) is 4. The van der Waals surface area contributed by atoms with E-state index in [9.17, 15) is 14.4 Å².